The molecule has 0 aromatic rings. The molecule has 13 atom stereocenters. The van der Waals surface area contributed by atoms with Gasteiger partial charge in [0.25, 0.3) is 0 Å². The average Bonchev–Trinajstić information content (AvgIpc) is 3.72. The summed E-state index contributed by atoms with van der Waals surface area (Å²) in [5.74, 6) is 0.263. The number of esters is 1. The summed E-state index contributed by atoms with van der Waals surface area (Å²) in [4.78, 5) is 26.0. The molecule has 8 heteroatoms. The van der Waals surface area contributed by atoms with E-state index < -0.39 is 29.2 Å². The summed E-state index contributed by atoms with van der Waals surface area (Å²) in [6.45, 7) is 8.12. The molecule has 2 saturated heterocycles. The molecule has 7 rings (SSSR count). The first kappa shape index (κ1) is 23.8. The normalized spacial score (nSPS) is 57.6. The van der Waals surface area contributed by atoms with E-state index >= 15 is 0 Å². The minimum Gasteiger partial charge on any atom is -0.458 e. The van der Waals surface area contributed by atoms with Crippen LogP contribution in [0.5, 0.6) is 0 Å². The molecule has 8 nitrogen and oxygen atoms in total. The van der Waals surface area contributed by atoms with Crippen LogP contribution in [0.2, 0.25) is 0 Å². The van der Waals surface area contributed by atoms with Gasteiger partial charge in [0.2, 0.25) is 0 Å². The monoisotopic (exact) mass is 502 g/mol. The Kier molecular flexibility index (Phi) is 4.62. The van der Waals surface area contributed by atoms with Gasteiger partial charge in [-0.05, 0) is 63.2 Å². The van der Waals surface area contributed by atoms with Crippen LogP contribution in [0.25, 0.3) is 0 Å². The Labute approximate surface area is 211 Å². The number of aliphatic hydroxyl groups excluding tert-OH is 3. The standard InChI is InChI=1S/C28H38O8/c1-12-7-19(34-24(33)14(12)11-29)13(2)16-8-21-27(35-21)17-9-22-28(36-22)23(32)18(30)10-20(31)26(28,4)15(17)5-6-25(16,27)3/h13,15-19,21-23,29-30,32H,5-11H2,1-4H3/t13-,15-,16+,17+,18-,19+,21-,22-,23-,25+,26-,27-,28+/m0/s1. The number of hydrogen-bond donors (Lipinski definition) is 3. The van der Waals surface area contributed by atoms with Crippen LogP contribution in [0.4, 0.5) is 0 Å². The van der Waals surface area contributed by atoms with E-state index in [-0.39, 0.29) is 65.9 Å². The van der Waals surface area contributed by atoms with Crippen molar-refractivity contribution in [1.82, 2.24) is 0 Å². The van der Waals surface area contributed by atoms with Gasteiger partial charge >= 0.3 is 5.97 Å². The number of aliphatic hydroxyl groups is 3. The summed E-state index contributed by atoms with van der Waals surface area (Å²) in [6, 6.07) is 0. The van der Waals surface area contributed by atoms with Gasteiger partial charge in [-0.15, -0.1) is 0 Å². The van der Waals surface area contributed by atoms with Crippen molar-refractivity contribution in [3.05, 3.63) is 11.1 Å². The number of ketones is 1. The number of Topliss-reactive ketones (excluding diaryl/α,β-unsaturated/α-hetero) is 1. The third-order valence-electron chi connectivity index (χ3n) is 12.4. The predicted molar refractivity (Wildman–Crippen MR) is 125 cm³/mol. The lowest BCUT2D eigenvalue weighted by Gasteiger charge is -2.59. The maximum absolute atomic E-state index is 13.5. The van der Waals surface area contributed by atoms with Crippen LogP contribution in [0.3, 0.4) is 0 Å². The summed E-state index contributed by atoms with van der Waals surface area (Å²) in [5, 5.41) is 30.9. The Morgan fingerprint density at radius 2 is 1.72 bits per heavy atom. The minimum absolute atomic E-state index is 0.00804. The smallest absolute Gasteiger partial charge is 0.336 e. The van der Waals surface area contributed by atoms with Crippen molar-refractivity contribution in [3.63, 3.8) is 0 Å². The maximum atomic E-state index is 13.5. The molecule has 2 spiro atoms. The summed E-state index contributed by atoms with van der Waals surface area (Å²) < 4.78 is 18.7. The lowest BCUT2D eigenvalue weighted by Crippen LogP contribution is -2.69. The molecule has 0 aromatic heterocycles. The summed E-state index contributed by atoms with van der Waals surface area (Å²) >= 11 is 0. The van der Waals surface area contributed by atoms with Crippen molar-refractivity contribution in [3.8, 4) is 0 Å². The molecule has 3 aliphatic heterocycles. The van der Waals surface area contributed by atoms with Crippen LogP contribution in [-0.2, 0) is 23.8 Å². The number of carbonyl (C=O) groups is 2. The highest BCUT2D eigenvalue weighted by molar-refractivity contribution is 5.90. The van der Waals surface area contributed by atoms with Crippen molar-refractivity contribution in [2.45, 2.75) is 108 Å². The molecular formula is C28H38O8. The highest BCUT2D eigenvalue weighted by Crippen LogP contribution is 2.80. The quantitative estimate of drug-likeness (QED) is 0.393. The number of cyclic esters (lactones) is 1. The molecule has 4 aliphatic carbocycles. The van der Waals surface area contributed by atoms with Gasteiger partial charge in [0.15, 0.2) is 0 Å². The van der Waals surface area contributed by atoms with Crippen molar-refractivity contribution in [1.29, 1.82) is 0 Å². The number of rotatable bonds is 3. The average molecular weight is 503 g/mol. The van der Waals surface area contributed by atoms with E-state index in [9.17, 15) is 24.9 Å². The number of ether oxygens (including phenoxy) is 3. The van der Waals surface area contributed by atoms with Crippen LogP contribution >= 0.6 is 0 Å². The molecule has 7 aliphatic rings. The molecule has 0 unspecified atom stereocenters. The van der Waals surface area contributed by atoms with Crippen molar-refractivity contribution in [2.75, 3.05) is 6.61 Å². The summed E-state index contributed by atoms with van der Waals surface area (Å²) in [6.07, 6.45) is 1.58. The second-order valence-electron chi connectivity index (χ2n) is 13.3. The zero-order valence-electron chi connectivity index (χ0n) is 21.5. The second-order valence-corrected chi connectivity index (χ2v) is 13.3. The van der Waals surface area contributed by atoms with Gasteiger partial charge in [-0.2, -0.15) is 0 Å². The van der Waals surface area contributed by atoms with Crippen LogP contribution in [0.15, 0.2) is 11.1 Å². The highest BCUT2D eigenvalue weighted by Gasteiger charge is 2.88. The second kappa shape index (κ2) is 7.00. The van der Waals surface area contributed by atoms with E-state index in [4.69, 9.17) is 14.2 Å². The largest absolute Gasteiger partial charge is 0.458 e. The van der Waals surface area contributed by atoms with E-state index in [1.54, 1.807) is 0 Å². The van der Waals surface area contributed by atoms with Crippen molar-refractivity contribution >= 4 is 11.8 Å². The van der Waals surface area contributed by atoms with E-state index in [0.717, 1.165) is 31.3 Å². The van der Waals surface area contributed by atoms with Crippen molar-refractivity contribution in [2.24, 2.45) is 34.5 Å². The molecule has 0 radical (unpaired) electrons. The Bertz CT molecular complexity index is 1090. The van der Waals surface area contributed by atoms with Gasteiger partial charge in [0, 0.05) is 18.3 Å². The zero-order valence-corrected chi connectivity index (χ0v) is 21.5. The predicted octanol–water partition coefficient (Wildman–Crippen LogP) is 1.68. The summed E-state index contributed by atoms with van der Waals surface area (Å²) in [7, 11) is 0. The summed E-state index contributed by atoms with van der Waals surface area (Å²) in [5.41, 5.74) is -0.929. The first-order valence-corrected chi connectivity index (χ1v) is 13.7. The maximum Gasteiger partial charge on any atom is 0.336 e. The van der Waals surface area contributed by atoms with E-state index in [2.05, 4.69) is 13.8 Å². The van der Waals surface area contributed by atoms with Gasteiger partial charge in [0.1, 0.15) is 29.2 Å². The lowest BCUT2D eigenvalue weighted by atomic mass is 9.43. The fourth-order valence-electron chi connectivity index (χ4n) is 10.4. The van der Waals surface area contributed by atoms with Crippen molar-refractivity contribution < 1.29 is 39.1 Å². The third-order valence-corrected chi connectivity index (χ3v) is 12.4. The van der Waals surface area contributed by atoms with Gasteiger partial charge in [-0.25, -0.2) is 4.79 Å². The van der Waals surface area contributed by atoms with Gasteiger partial charge in [0.05, 0.1) is 35.9 Å². The number of epoxide rings is 2. The van der Waals surface area contributed by atoms with Crippen LogP contribution < -0.4 is 0 Å². The molecule has 0 amide bonds. The highest BCUT2D eigenvalue weighted by atomic mass is 16.6. The lowest BCUT2D eigenvalue weighted by molar-refractivity contribution is -0.185. The first-order valence-electron chi connectivity index (χ1n) is 13.7. The topological polar surface area (TPSA) is 129 Å². The molecule has 0 bridgehead atoms. The number of carbonyl (C=O) groups excluding carboxylic acids is 2. The number of hydrogen-bond acceptors (Lipinski definition) is 8. The zero-order chi connectivity index (χ0) is 25.6. The first-order chi connectivity index (χ1) is 17.0. The molecule has 198 valence electrons. The van der Waals surface area contributed by atoms with Crippen LogP contribution in [-0.4, -0.2) is 75.4 Å². The molecule has 36 heavy (non-hydrogen) atoms. The van der Waals surface area contributed by atoms with Gasteiger partial charge in [-0.1, -0.05) is 19.4 Å². The molecular weight excluding hydrogens is 464 g/mol. The van der Waals surface area contributed by atoms with E-state index in [1.165, 1.54) is 0 Å². The number of fused-ring (bicyclic) bond motifs is 2. The molecule has 3 heterocycles. The Morgan fingerprint density at radius 3 is 2.42 bits per heavy atom. The Hall–Kier alpha value is -1.32. The fraction of sp³-hybridized carbons (Fsp3) is 0.857. The fourth-order valence-corrected chi connectivity index (χ4v) is 10.4. The van der Waals surface area contributed by atoms with Gasteiger partial charge in [-0.3, -0.25) is 4.79 Å². The van der Waals surface area contributed by atoms with Crippen LogP contribution in [0, 0.1) is 34.5 Å². The SMILES string of the molecule is CC1=C(CO)C(=O)O[C@@H]([C@@H](C)[C@H]2C[C@@H]3O[C@@]34[C@@H]3C[C@@H]5O[C@@]56[C@@H](O)[C@@H](O)CC(=O)[C@]6(C)[C@H]3CC[C@]24C)C1. The van der Waals surface area contributed by atoms with E-state index in [1.807, 2.05) is 13.8 Å². The molecule has 0 aromatic carbocycles. The molecule has 3 N–H and O–H groups in total. The van der Waals surface area contributed by atoms with E-state index in [0.29, 0.717) is 17.9 Å². The molecule has 6 fully saturated rings. The molecule has 4 saturated carbocycles. The Morgan fingerprint density at radius 1 is 1.03 bits per heavy atom. The van der Waals surface area contributed by atoms with Gasteiger partial charge < -0.3 is 29.5 Å². The minimum atomic E-state index is -1.07. The Balaban J connectivity index is 1.20. The third kappa shape index (κ3) is 2.41. The van der Waals surface area contributed by atoms with Crippen LogP contribution in [0.1, 0.15) is 66.2 Å².